The van der Waals surface area contributed by atoms with E-state index in [0.29, 0.717) is 12.2 Å². The van der Waals surface area contributed by atoms with Crippen LogP contribution in [-0.2, 0) is 0 Å². The molecular formula is C28H42F2O. The van der Waals surface area contributed by atoms with Gasteiger partial charge >= 0.3 is 0 Å². The van der Waals surface area contributed by atoms with Crippen LogP contribution in [-0.4, -0.2) is 6.61 Å². The lowest BCUT2D eigenvalue weighted by molar-refractivity contribution is 0.270. The monoisotopic (exact) mass is 432 g/mol. The van der Waals surface area contributed by atoms with Gasteiger partial charge in [0.1, 0.15) is 0 Å². The summed E-state index contributed by atoms with van der Waals surface area (Å²) in [5, 5.41) is 0. The third-order valence-electron chi connectivity index (χ3n) is 7.82. The number of ether oxygens (including phenoxy) is 1. The molecule has 1 aromatic rings. The van der Waals surface area contributed by atoms with E-state index in [0.717, 1.165) is 56.3 Å². The molecule has 174 valence electrons. The van der Waals surface area contributed by atoms with Gasteiger partial charge in [-0.25, -0.2) is 4.39 Å². The fourth-order valence-corrected chi connectivity index (χ4v) is 5.64. The van der Waals surface area contributed by atoms with E-state index in [2.05, 4.69) is 19.6 Å². The minimum Gasteiger partial charge on any atom is -0.490 e. The topological polar surface area (TPSA) is 9.23 Å². The van der Waals surface area contributed by atoms with Crippen LogP contribution >= 0.6 is 0 Å². The molecule has 0 heterocycles. The first kappa shape index (κ1) is 24.3. The minimum atomic E-state index is -0.808. The summed E-state index contributed by atoms with van der Waals surface area (Å²) in [5.74, 6) is 1.16. The standard InChI is InChI=1S/C28H42F2O/c1-3-5-20-31-26-19-18-25(27(29)28(26)30)24-16-14-23(15-17-24)9-7-6-8-22-12-10-21(4-2)11-13-22/h4,18-19,21-24H,2-3,5-17,20H2,1H3. The van der Waals surface area contributed by atoms with E-state index in [1.54, 1.807) is 12.1 Å². The molecular weight excluding hydrogens is 390 g/mol. The molecule has 31 heavy (non-hydrogen) atoms. The molecule has 2 aliphatic rings. The molecule has 0 N–H and O–H groups in total. The zero-order chi connectivity index (χ0) is 22.1. The van der Waals surface area contributed by atoms with Gasteiger partial charge < -0.3 is 4.74 Å². The number of unbranched alkanes of at least 4 members (excludes halogenated alkanes) is 2. The first-order chi connectivity index (χ1) is 15.1. The molecule has 1 nitrogen and oxygen atoms in total. The third kappa shape index (κ3) is 7.05. The van der Waals surface area contributed by atoms with E-state index >= 15 is 0 Å². The first-order valence-corrected chi connectivity index (χ1v) is 12.9. The highest BCUT2D eigenvalue weighted by molar-refractivity contribution is 5.33. The maximum absolute atomic E-state index is 14.7. The smallest absolute Gasteiger partial charge is 0.200 e. The van der Waals surface area contributed by atoms with Crippen molar-refractivity contribution in [1.29, 1.82) is 0 Å². The molecule has 0 saturated heterocycles. The van der Waals surface area contributed by atoms with Gasteiger partial charge in [-0.3, -0.25) is 0 Å². The quantitative estimate of drug-likeness (QED) is 0.250. The van der Waals surface area contributed by atoms with Crippen molar-refractivity contribution in [3.63, 3.8) is 0 Å². The van der Waals surface area contributed by atoms with E-state index in [4.69, 9.17) is 4.74 Å². The van der Waals surface area contributed by atoms with E-state index in [1.807, 2.05) is 0 Å². The fourth-order valence-electron chi connectivity index (χ4n) is 5.64. The summed E-state index contributed by atoms with van der Waals surface area (Å²) in [6.45, 7) is 6.43. The molecule has 0 spiro atoms. The maximum atomic E-state index is 14.7. The second kappa shape index (κ2) is 12.6. The van der Waals surface area contributed by atoms with Gasteiger partial charge in [0.05, 0.1) is 6.61 Å². The molecule has 0 radical (unpaired) electrons. The summed E-state index contributed by atoms with van der Waals surface area (Å²) in [6, 6.07) is 3.38. The summed E-state index contributed by atoms with van der Waals surface area (Å²) in [4.78, 5) is 0. The van der Waals surface area contributed by atoms with Crippen LogP contribution in [0.3, 0.4) is 0 Å². The fraction of sp³-hybridized carbons (Fsp3) is 0.714. The van der Waals surface area contributed by atoms with Crippen molar-refractivity contribution in [2.45, 2.75) is 103 Å². The van der Waals surface area contributed by atoms with E-state index in [9.17, 15) is 8.78 Å². The lowest BCUT2D eigenvalue weighted by atomic mass is 9.76. The summed E-state index contributed by atoms with van der Waals surface area (Å²) in [5.41, 5.74) is 0.550. The van der Waals surface area contributed by atoms with Crippen molar-refractivity contribution in [2.75, 3.05) is 6.61 Å². The Labute approximate surface area is 188 Å². The van der Waals surface area contributed by atoms with E-state index < -0.39 is 11.6 Å². The Morgan fingerprint density at radius 1 is 0.871 bits per heavy atom. The van der Waals surface area contributed by atoms with Gasteiger partial charge in [-0.1, -0.05) is 51.2 Å². The van der Waals surface area contributed by atoms with Crippen molar-refractivity contribution >= 4 is 0 Å². The van der Waals surface area contributed by atoms with Gasteiger partial charge in [0, 0.05) is 0 Å². The minimum absolute atomic E-state index is 0.0568. The Morgan fingerprint density at radius 3 is 2.06 bits per heavy atom. The number of rotatable bonds is 11. The van der Waals surface area contributed by atoms with Crippen LogP contribution in [0.2, 0.25) is 0 Å². The van der Waals surface area contributed by atoms with Crippen molar-refractivity contribution in [3.05, 3.63) is 42.0 Å². The number of allylic oxidation sites excluding steroid dienone is 1. The Morgan fingerprint density at radius 2 is 1.48 bits per heavy atom. The van der Waals surface area contributed by atoms with Crippen molar-refractivity contribution in [1.82, 2.24) is 0 Å². The average molecular weight is 433 g/mol. The van der Waals surface area contributed by atoms with Crippen LogP contribution in [0.4, 0.5) is 8.78 Å². The normalized spacial score (nSPS) is 26.5. The molecule has 0 aromatic heterocycles. The molecule has 0 aliphatic heterocycles. The van der Waals surface area contributed by atoms with Gasteiger partial charge in [0.15, 0.2) is 11.6 Å². The Bertz CT molecular complexity index is 670. The van der Waals surface area contributed by atoms with Gasteiger partial charge in [0.2, 0.25) is 5.82 Å². The van der Waals surface area contributed by atoms with Crippen LogP contribution in [0, 0.1) is 29.4 Å². The van der Waals surface area contributed by atoms with Crippen LogP contribution in [0.15, 0.2) is 24.8 Å². The van der Waals surface area contributed by atoms with Crippen LogP contribution in [0.25, 0.3) is 0 Å². The predicted molar refractivity (Wildman–Crippen MR) is 126 cm³/mol. The molecule has 3 rings (SSSR count). The molecule has 2 saturated carbocycles. The van der Waals surface area contributed by atoms with Gasteiger partial charge in [0.25, 0.3) is 0 Å². The Balaban J connectivity index is 1.36. The van der Waals surface area contributed by atoms with Gasteiger partial charge in [-0.15, -0.1) is 6.58 Å². The highest BCUT2D eigenvalue weighted by Crippen LogP contribution is 2.40. The second-order valence-electron chi connectivity index (χ2n) is 10.0. The lowest BCUT2D eigenvalue weighted by Crippen LogP contribution is -2.15. The number of hydrogen-bond acceptors (Lipinski definition) is 1. The Kier molecular flexibility index (Phi) is 9.87. The molecule has 2 fully saturated rings. The zero-order valence-electron chi connectivity index (χ0n) is 19.5. The summed E-state index contributed by atoms with van der Waals surface area (Å²) < 4.78 is 34.5. The van der Waals surface area contributed by atoms with Crippen LogP contribution < -0.4 is 4.74 Å². The summed E-state index contributed by atoms with van der Waals surface area (Å²) >= 11 is 0. The predicted octanol–water partition coefficient (Wildman–Crippen LogP) is 8.97. The van der Waals surface area contributed by atoms with Gasteiger partial charge in [-0.2, -0.15) is 4.39 Å². The zero-order valence-corrected chi connectivity index (χ0v) is 19.5. The number of benzene rings is 1. The summed E-state index contributed by atoms with van der Waals surface area (Å²) in [7, 11) is 0. The lowest BCUT2D eigenvalue weighted by Gasteiger charge is -2.30. The van der Waals surface area contributed by atoms with Crippen LogP contribution in [0.5, 0.6) is 5.75 Å². The van der Waals surface area contributed by atoms with E-state index in [-0.39, 0.29) is 11.7 Å². The SMILES string of the molecule is C=CC1CCC(CCCCC2CCC(c3ccc(OCCCC)c(F)c3F)CC2)CC1. The molecule has 0 unspecified atom stereocenters. The molecule has 0 atom stereocenters. The van der Waals surface area contributed by atoms with Crippen molar-refractivity contribution < 1.29 is 13.5 Å². The van der Waals surface area contributed by atoms with Crippen LogP contribution in [0.1, 0.15) is 108 Å². The van der Waals surface area contributed by atoms with Gasteiger partial charge in [-0.05, 0) is 93.1 Å². The second-order valence-corrected chi connectivity index (χ2v) is 10.0. The van der Waals surface area contributed by atoms with E-state index in [1.165, 1.54) is 51.4 Å². The molecule has 0 bridgehead atoms. The molecule has 2 aliphatic carbocycles. The summed E-state index contributed by atoms with van der Waals surface area (Å²) in [6.07, 6.45) is 19.0. The molecule has 3 heteroatoms. The molecule has 1 aromatic carbocycles. The first-order valence-electron chi connectivity index (χ1n) is 12.9. The number of halogens is 2. The largest absolute Gasteiger partial charge is 0.490 e. The highest BCUT2D eigenvalue weighted by atomic mass is 19.2. The third-order valence-corrected chi connectivity index (χ3v) is 7.82. The number of hydrogen-bond donors (Lipinski definition) is 0. The Hall–Kier alpha value is -1.38. The van der Waals surface area contributed by atoms with Crippen molar-refractivity contribution in [2.24, 2.45) is 17.8 Å². The highest BCUT2D eigenvalue weighted by Gasteiger charge is 2.26. The van der Waals surface area contributed by atoms with Crippen molar-refractivity contribution in [3.8, 4) is 5.75 Å². The average Bonchev–Trinajstić information content (AvgIpc) is 2.81. The molecule has 0 amide bonds. The maximum Gasteiger partial charge on any atom is 0.200 e.